The van der Waals surface area contributed by atoms with Gasteiger partial charge in [-0.1, -0.05) is 6.07 Å². The van der Waals surface area contributed by atoms with Crippen LogP contribution < -0.4 is 15.2 Å². The highest BCUT2D eigenvalue weighted by atomic mass is 32.3. The Labute approximate surface area is 170 Å². The average Bonchev–Trinajstić information content (AvgIpc) is 2.71. The Bertz CT molecular complexity index is 937. The molecule has 1 unspecified atom stereocenters. The fourth-order valence-electron chi connectivity index (χ4n) is 3.64. The standard InChI is InChI=1S/C19H23N5O4S/c20-18-17-15(22-29(26,27)23-18)5-3-6-16(17)28-12-14-4-1-2-11-24(14)19(25)13-7-9-21-10-8-13/h3,5-10,14,22,26-27H,1-2,4,11-12H2,(H2,20,23). The Kier molecular flexibility index (Phi) is 5.31. The fraction of sp³-hybridized carbons (Fsp3) is 0.316. The van der Waals surface area contributed by atoms with E-state index in [1.54, 1.807) is 42.7 Å². The van der Waals surface area contributed by atoms with Gasteiger partial charge in [0.15, 0.2) is 5.84 Å². The molecule has 1 atom stereocenters. The fourth-order valence-corrected chi connectivity index (χ4v) is 4.52. The molecular formula is C19H23N5O4S. The van der Waals surface area contributed by atoms with Gasteiger partial charge in [-0.3, -0.25) is 23.6 Å². The van der Waals surface area contributed by atoms with Gasteiger partial charge in [0.2, 0.25) is 0 Å². The number of ether oxygens (including phenoxy) is 1. The molecule has 0 spiro atoms. The molecule has 2 aromatic rings. The van der Waals surface area contributed by atoms with Gasteiger partial charge in [-0.15, -0.1) is 4.40 Å². The van der Waals surface area contributed by atoms with Crippen LogP contribution in [0.4, 0.5) is 5.69 Å². The number of aromatic nitrogens is 1. The quantitative estimate of drug-likeness (QED) is 0.601. The lowest BCUT2D eigenvalue weighted by molar-refractivity contribution is 0.0528. The van der Waals surface area contributed by atoms with Gasteiger partial charge >= 0.3 is 0 Å². The van der Waals surface area contributed by atoms with E-state index in [9.17, 15) is 13.9 Å². The maximum absolute atomic E-state index is 12.9. The number of fused-ring (bicyclic) bond motifs is 1. The number of nitrogens with zero attached hydrogens (tertiary/aromatic N) is 3. The first-order valence-electron chi connectivity index (χ1n) is 9.33. The van der Waals surface area contributed by atoms with Crippen molar-refractivity contribution in [2.24, 2.45) is 10.1 Å². The normalized spacial score (nSPS) is 21.4. The number of nitrogens with two attached hydrogens (primary N) is 1. The van der Waals surface area contributed by atoms with Crippen LogP contribution in [0.2, 0.25) is 0 Å². The van der Waals surface area contributed by atoms with E-state index in [0.717, 1.165) is 19.3 Å². The Morgan fingerprint density at radius 1 is 1.28 bits per heavy atom. The molecule has 10 heteroatoms. The topological polar surface area (TPSA) is 133 Å². The molecule has 154 valence electrons. The van der Waals surface area contributed by atoms with Gasteiger partial charge in [-0.05, 0) is 54.5 Å². The Morgan fingerprint density at radius 2 is 2.07 bits per heavy atom. The van der Waals surface area contributed by atoms with Crippen molar-refractivity contribution in [2.45, 2.75) is 25.3 Å². The maximum atomic E-state index is 12.9. The highest BCUT2D eigenvalue weighted by molar-refractivity contribution is 8.24. The molecule has 1 amide bonds. The first-order chi connectivity index (χ1) is 13.9. The molecule has 1 aromatic carbocycles. The average molecular weight is 417 g/mol. The molecule has 1 saturated heterocycles. The molecule has 0 bridgehead atoms. The molecule has 0 aliphatic carbocycles. The summed E-state index contributed by atoms with van der Waals surface area (Å²) in [5.74, 6) is 0.447. The highest BCUT2D eigenvalue weighted by Gasteiger charge is 2.29. The minimum atomic E-state index is -3.35. The van der Waals surface area contributed by atoms with Crippen molar-refractivity contribution in [3.63, 3.8) is 0 Å². The summed E-state index contributed by atoms with van der Waals surface area (Å²) in [6.07, 6.45) is 6.04. The summed E-state index contributed by atoms with van der Waals surface area (Å²) < 4.78 is 31.9. The summed E-state index contributed by atoms with van der Waals surface area (Å²) >= 11 is 0. The van der Waals surface area contributed by atoms with Crippen molar-refractivity contribution < 1.29 is 18.6 Å². The summed E-state index contributed by atoms with van der Waals surface area (Å²) in [7, 11) is -3.35. The van der Waals surface area contributed by atoms with Gasteiger partial charge in [0.05, 0.1) is 17.3 Å². The van der Waals surface area contributed by atoms with Gasteiger partial charge in [0, 0.05) is 24.5 Å². The second-order valence-corrected chi connectivity index (χ2v) is 8.40. The molecule has 1 aromatic heterocycles. The second kappa shape index (κ2) is 7.90. The monoisotopic (exact) mass is 417 g/mol. The van der Waals surface area contributed by atoms with E-state index in [2.05, 4.69) is 14.1 Å². The van der Waals surface area contributed by atoms with Crippen molar-refractivity contribution in [2.75, 3.05) is 17.9 Å². The molecule has 3 heterocycles. The van der Waals surface area contributed by atoms with Gasteiger partial charge in [-0.2, -0.15) is 0 Å². The zero-order valence-electron chi connectivity index (χ0n) is 15.7. The third-order valence-electron chi connectivity index (χ3n) is 5.00. The van der Waals surface area contributed by atoms with E-state index < -0.39 is 11.0 Å². The van der Waals surface area contributed by atoms with Gasteiger partial charge in [-0.25, -0.2) is 0 Å². The number of carbonyl (C=O) groups excluding carboxylic acids is 1. The summed E-state index contributed by atoms with van der Waals surface area (Å²) in [5.41, 5.74) is 7.48. The van der Waals surface area contributed by atoms with Gasteiger partial charge in [0.25, 0.3) is 5.91 Å². The van der Waals surface area contributed by atoms with Crippen LogP contribution in [0.3, 0.4) is 0 Å². The number of hydrogen-bond acceptors (Lipinski definition) is 8. The van der Waals surface area contributed by atoms with E-state index in [0.29, 0.717) is 35.7 Å². The molecular weight excluding hydrogens is 394 g/mol. The number of carbonyl (C=O) groups is 1. The minimum absolute atomic E-state index is 0.00251. The molecule has 2 aliphatic rings. The smallest absolute Gasteiger partial charge is 0.254 e. The van der Waals surface area contributed by atoms with Crippen LogP contribution in [0.15, 0.2) is 47.1 Å². The van der Waals surface area contributed by atoms with Crippen molar-refractivity contribution in [3.05, 3.63) is 53.9 Å². The van der Waals surface area contributed by atoms with Gasteiger partial charge < -0.3 is 15.4 Å². The van der Waals surface area contributed by atoms with Crippen molar-refractivity contribution in [1.29, 1.82) is 0 Å². The second-order valence-electron chi connectivity index (χ2n) is 6.97. The lowest BCUT2D eigenvalue weighted by Crippen LogP contribution is -2.46. The van der Waals surface area contributed by atoms with Gasteiger partial charge in [0.1, 0.15) is 12.4 Å². The van der Waals surface area contributed by atoms with Crippen molar-refractivity contribution in [3.8, 4) is 5.75 Å². The molecule has 9 nitrogen and oxygen atoms in total. The van der Waals surface area contributed by atoms with E-state index in [1.807, 2.05) is 4.90 Å². The maximum Gasteiger partial charge on any atom is 0.254 e. The zero-order valence-corrected chi connectivity index (χ0v) is 16.5. The Balaban J connectivity index is 1.52. The minimum Gasteiger partial charge on any atom is -0.491 e. The number of rotatable bonds is 4. The lowest BCUT2D eigenvalue weighted by atomic mass is 10.0. The predicted molar refractivity (Wildman–Crippen MR) is 112 cm³/mol. The number of hydrogen-bond donors (Lipinski definition) is 4. The third kappa shape index (κ3) is 4.14. The molecule has 5 N–H and O–H groups in total. The predicted octanol–water partition coefficient (Wildman–Crippen LogP) is 2.87. The van der Waals surface area contributed by atoms with Crippen molar-refractivity contribution in [1.82, 2.24) is 9.88 Å². The van der Waals surface area contributed by atoms with E-state index in [4.69, 9.17) is 10.5 Å². The van der Waals surface area contributed by atoms with Crippen LogP contribution in [0, 0.1) is 0 Å². The van der Waals surface area contributed by atoms with Crippen LogP contribution in [-0.2, 0) is 0 Å². The molecule has 1 fully saturated rings. The number of benzene rings is 1. The summed E-state index contributed by atoms with van der Waals surface area (Å²) in [6.45, 7) is 0.977. The van der Waals surface area contributed by atoms with E-state index in [1.165, 1.54) is 0 Å². The van der Waals surface area contributed by atoms with Crippen LogP contribution in [-0.4, -0.2) is 49.9 Å². The summed E-state index contributed by atoms with van der Waals surface area (Å²) in [4.78, 5) is 18.7. The van der Waals surface area contributed by atoms with E-state index >= 15 is 0 Å². The molecule has 29 heavy (non-hydrogen) atoms. The lowest BCUT2D eigenvalue weighted by Gasteiger charge is -2.36. The first kappa shape index (κ1) is 19.5. The molecule has 0 saturated carbocycles. The number of likely N-dealkylation sites (tertiary alicyclic amines) is 1. The van der Waals surface area contributed by atoms with E-state index in [-0.39, 0.29) is 17.8 Å². The van der Waals surface area contributed by atoms with Crippen LogP contribution in [0.1, 0.15) is 35.2 Å². The zero-order chi connectivity index (χ0) is 20.4. The molecule has 2 aliphatic heterocycles. The Morgan fingerprint density at radius 3 is 2.86 bits per heavy atom. The third-order valence-corrected chi connectivity index (χ3v) is 5.95. The van der Waals surface area contributed by atoms with Crippen LogP contribution >= 0.6 is 11.0 Å². The highest BCUT2D eigenvalue weighted by Crippen LogP contribution is 2.46. The Hall–Kier alpha value is -2.82. The van der Waals surface area contributed by atoms with Crippen LogP contribution in [0.5, 0.6) is 5.75 Å². The number of amides is 1. The summed E-state index contributed by atoms with van der Waals surface area (Å²) in [5, 5.41) is 0. The molecule has 0 radical (unpaired) electrons. The van der Waals surface area contributed by atoms with Crippen LogP contribution in [0.25, 0.3) is 0 Å². The largest absolute Gasteiger partial charge is 0.491 e. The summed E-state index contributed by atoms with van der Waals surface area (Å²) in [6, 6.07) is 8.51. The number of pyridine rings is 1. The van der Waals surface area contributed by atoms with Crippen molar-refractivity contribution >= 4 is 28.4 Å². The number of amidine groups is 1. The number of piperidine rings is 1. The number of anilines is 1. The molecule has 4 rings (SSSR count). The number of nitrogens with one attached hydrogen (secondary N) is 1. The first-order valence-corrected chi connectivity index (χ1v) is 10.8. The SMILES string of the molecule is NC1=NS(O)(O)Nc2cccc(OCC3CCCCN3C(=O)c3ccncc3)c21.